The van der Waals surface area contributed by atoms with Gasteiger partial charge in [-0.25, -0.2) is 0 Å². The van der Waals surface area contributed by atoms with Crippen LogP contribution < -0.4 is 4.74 Å². The fourth-order valence-corrected chi connectivity index (χ4v) is 3.64. The van der Waals surface area contributed by atoms with Crippen molar-refractivity contribution in [3.05, 3.63) is 65.9 Å². The lowest BCUT2D eigenvalue weighted by Gasteiger charge is -2.31. The Kier molecular flexibility index (Phi) is 4.18. The minimum atomic E-state index is 0.139. The van der Waals surface area contributed by atoms with Gasteiger partial charge in [-0.15, -0.1) is 0 Å². The van der Waals surface area contributed by atoms with Gasteiger partial charge in [0.05, 0.1) is 7.11 Å². The smallest absolute Gasteiger partial charge is 0.253 e. The number of hydrogen-bond acceptors (Lipinski definition) is 2. The number of piperidine rings is 1. The molecule has 1 aromatic heterocycles. The van der Waals surface area contributed by atoms with Crippen LogP contribution >= 0.6 is 0 Å². The van der Waals surface area contributed by atoms with Gasteiger partial charge in [-0.05, 0) is 49.2 Å². The summed E-state index contributed by atoms with van der Waals surface area (Å²) < 4.78 is 5.30. The number of hydrogen-bond donors (Lipinski definition) is 1. The Bertz CT molecular complexity index is 877. The van der Waals surface area contributed by atoms with Crippen LogP contribution in [-0.4, -0.2) is 36.0 Å². The van der Waals surface area contributed by atoms with Crippen LogP contribution in [0.2, 0.25) is 0 Å². The van der Waals surface area contributed by atoms with E-state index in [4.69, 9.17) is 4.74 Å². The number of aromatic nitrogens is 1. The second kappa shape index (κ2) is 6.63. The Morgan fingerprint density at radius 2 is 1.84 bits per heavy atom. The summed E-state index contributed by atoms with van der Waals surface area (Å²) in [6.45, 7) is 1.61. The molecule has 2 heterocycles. The van der Waals surface area contributed by atoms with Gasteiger partial charge in [0, 0.05) is 41.2 Å². The van der Waals surface area contributed by atoms with E-state index in [2.05, 4.69) is 23.2 Å². The maximum Gasteiger partial charge on any atom is 0.253 e. The standard InChI is InChI=1S/C21H22N2O2/c1-25-18-7-8-19-17(13-18)14-20(22-19)15-9-11-23(12-10-15)21(24)16-5-3-2-4-6-16/h2-8,13-15,22H,9-12H2,1H3. The third-order valence-electron chi connectivity index (χ3n) is 5.09. The van der Waals surface area contributed by atoms with Gasteiger partial charge in [0.15, 0.2) is 0 Å². The van der Waals surface area contributed by atoms with Crippen LogP contribution in [0.1, 0.15) is 34.8 Å². The molecular weight excluding hydrogens is 312 g/mol. The Balaban J connectivity index is 1.46. The van der Waals surface area contributed by atoms with Crippen molar-refractivity contribution < 1.29 is 9.53 Å². The van der Waals surface area contributed by atoms with E-state index in [0.29, 0.717) is 5.92 Å². The third kappa shape index (κ3) is 3.12. The average Bonchev–Trinajstić information content (AvgIpc) is 3.11. The molecule has 1 aliphatic rings. The molecule has 4 heteroatoms. The summed E-state index contributed by atoms with van der Waals surface area (Å²) in [5.74, 6) is 1.49. The first-order valence-corrected chi connectivity index (χ1v) is 8.75. The molecule has 25 heavy (non-hydrogen) atoms. The van der Waals surface area contributed by atoms with Crippen molar-refractivity contribution in [3.8, 4) is 5.75 Å². The lowest BCUT2D eigenvalue weighted by atomic mass is 9.93. The van der Waals surface area contributed by atoms with Gasteiger partial charge in [-0.3, -0.25) is 4.79 Å². The quantitative estimate of drug-likeness (QED) is 0.780. The highest BCUT2D eigenvalue weighted by Crippen LogP contribution is 2.31. The predicted molar refractivity (Wildman–Crippen MR) is 99.2 cm³/mol. The fourth-order valence-electron chi connectivity index (χ4n) is 3.64. The molecule has 128 valence electrons. The molecule has 0 atom stereocenters. The molecule has 0 unspecified atom stereocenters. The molecule has 3 aromatic rings. The molecule has 0 spiro atoms. The Morgan fingerprint density at radius 1 is 1.08 bits per heavy atom. The van der Waals surface area contributed by atoms with Gasteiger partial charge in [-0.2, -0.15) is 0 Å². The van der Waals surface area contributed by atoms with Crippen molar-refractivity contribution in [2.75, 3.05) is 20.2 Å². The van der Waals surface area contributed by atoms with E-state index in [-0.39, 0.29) is 5.91 Å². The minimum absolute atomic E-state index is 0.139. The fraction of sp³-hybridized carbons (Fsp3) is 0.286. The number of nitrogens with one attached hydrogen (secondary N) is 1. The van der Waals surface area contributed by atoms with Crippen molar-refractivity contribution in [2.24, 2.45) is 0 Å². The number of fused-ring (bicyclic) bond motifs is 1. The third-order valence-corrected chi connectivity index (χ3v) is 5.09. The van der Waals surface area contributed by atoms with Crippen molar-refractivity contribution in [3.63, 3.8) is 0 Å². The van der Waals surface area contributed by atoms with Crippen LogP contribution in [0.25, 0.3) is 10.9 Å². The molecule has 1 saturated heterocycles. The number of nitrogens with zero attached hydrogens (tertiary/aromatic N) is 1. The highest BCUT2D eigenvalue weighted by molar-refractivity contribution is 5.94. The Hall–Kier alpha value is -2.75. The maximum atomic E-state index is 12.6. The minimum Gasteiger partial charge on any atom is -0.497 e. The molecule has 4 nitrogen and oxygen atoms in total. The average molecular weight is 334 g/mol. The number of benzene rings is 2. The first-order valence-electron chi connectivity index (χ1n) is 8.75. The van der Waals surface area contributed by atoms with E-state index in [1.165, 1.54) is 11.1 Å². The Morgan fingerprint density at radius 3 is 2.56 bits per heavy atom. The van der Waals surface area contributed by atoms with Crippen molar-refractivity contribution in [2.45, 2.75) is 18.8 Å². The molecule has 1 amide bonds. The largest absolute Gasteiger partial charge is 0.497 e. The summed E-state index contributed by atoms with van der Waals surface area (Å²) in [5, 5.41) is 1.18. The van der Waals surface area contributed by atoms with Gasteiger partial charge < -0.3 is 14.6 Å². The molecule has 1 fully saturated rings. The number of carbonyl (C=O) groups excluding carboxylic acids is 1. The lowest BCUT2D eigenvalue weighted by Crippen LogP contribution is -2.37. The van der Waals surface area contributed by atoms with Crippen molar-refractivity contribution in [1.82, 2.24) is 9.88 Å². The summed E-state index contributed by atoms with van der Waals surface area (Å²) >= 11 is 0. The number of rotatable bonds is 3. The van der Waals surface area contributed by atoms with Crippen LogP contribution in [-0.2, 0) is 0 Å². The molecule has 4 rings (SSSR count). The van der Waals surface area contributed by atoms with Gasteiger partial charge in [-0.1, -0.05) is 18.2 Å². The van der Waals surface area contributed by atoms with Crippen molar-refractivity contribution in [1.29, 1.82) is 0 Å². The van der Waals surface area contributed by atoms with Crippen LogP contribution in [0.5, 0.6) is 5.75 Å². The number of aromatic amines is 1. The molecule has 1 aliphatic heterocycles. The molecule has 0 saturated carbocycles. The zero-order chi connectivity index (χ0) is 17.2. The number of amides is 1. The second-order valence-electron chi connectivity index (χ2n) is 6.61. The maximum absolute atomic E-state index is 12.6. The van der Waals surface area contributed by atoms with Crippen molar-refractivity contribution >= 4 is 16.8 Å². The molecule has 0 bridgehead atoms. The van der Waals surface area contributed by atoms with Crippen LogP contribution in [0.4, 0.5) is 0 Å². The van der Waals surface area contributed by atoms with E-state index in [1.54, 1.807) is 7.11 Å². The summed E-state index contributed by atoms with van der Waals surface area (Å²) in [4.78, 5) is 18.1. The number of carbonyl (C=O) groups is 1. The topological polar surface area (TPSA) is 45.3 Å². The SMILES string of the molecule is COc1ccc2[nH]c(C3CCN(C(=O)c4ccccc4)CC3)cc2c1. The first kappa shape index (κ1) is 15.8. The molecule has 0 radical (unpaired) electrons. The van der Waals surface area contributed by atoms with E-state index in [1.807, 2.05) is 41.3 Å². The number of likely N-dealkylation sites (tertiary alicyclic amines) is 1. The second-order valence-corrected chi connectivity index (χ2v) is 6.61. The molecule has 1 N–H and O–H groups in total. The summed E-state index contributed by atoms with van der Waals surface area (Å²) in [7, 11) is 1.69. The van der Waals surface area contributed by atoms with Gasteiger partial charge in [0.1, 0.15) is 5.75 Å². The number of H-pyrrole nitrogens is 1. The molecule has 2 aromatic carbocycles. The summed E-state index contributed by atoms with van der Waals surface area (Å²) in [6, 6.07) is 17.9. The van der Waals surface area contributed by atoms with Crippen LogP contribution in [0.3, 0.4) is 0 Å². The van der Waals surface area contributed by atoms with Gasteiger partial charge in [0.25, 0.3) is 5.91 Å². The summed E-state index contributed by atoms with van der Waals surface area (Å²) in [6.07, 6.45) is 1.98. The van der Waals surface area contributed by atoms with E-state index in [0.717, 1.165) is 42.8 Å². The summed E-state index contributed by atoms with van der Waals surface area (Å²) in [5.41, 5.74) is 3.17. The highest BCUT2D eigenvalue weighted by Gasteiger charge is 2.25. The van der Waals surface area contributed by atoms with E-state index >= 15 is 0 Å². The predicted octanol–water partition coefficient (Wildman–Crippen LogP) is 4.20. The number of ether oxygens (including phenoxy) is 1. The lowest BCUT2D eigenvalue weighted by molar-refractivity contribution is 0.0712. The molecule has 0 aliphatic carbocycles. The monoisotopic (exact) mass is 334 g/mol. The first-order chi connectivity index (χ1) is 12.2. The van der Waals surface area contributed by atoms with E-state index in [9.17, 15) is 4.79 Å². The zero-order valence-corrected chi connectivity index (χ0v) is 14.4. The van der Waals surface area contributed by atoms with E-state index < -0.39 is 0 Å². The van der Waals surface area contributed by atoms with Gasteiger partial charge in [0.2, 0.25) is 0 Å². The highest BCUT2D eigenvalue weighted by atomic mass is 16.5. The number of methoxy groups -OCH3 is 1. The van der Waals surface area contributed by atoms with Crippen LogP contribution in [0, 0.1) is 0 Å². The molecular formula is C21H22N2O2. The zero-order valence-electron chi connectivity index (χ0n) is 14.4. The van der Waals surface area contributed by atoms with Gasteiger partial charge >= 0.3 is 0 Å². The normalized spacial score (nSPS) is 15.5. The van der Waals surface area contributed by atoms with Crippen LogP contribution in [0.15, 0.2) is 54.6 Å². The Labute approximate surface area is 147 Å².